The van der Waals surface area contributed by atoms with Crippen LogP contribution in [0.4, 0.5) is 22.7 Å². The Bertz CT molecular complexity index is 2410. The van der Waals surface area contributed by atoms with Gasteiger partial charge in [-0.25, -0.2) is 9.98 Å². The third-order valence-corrected chi connectivity index (χ3v) is 11.7. The van der Waals surface area contributed by atoms with E-state index in [1.54, 1.807) is 43.3 Å². The van der Waals surface area contributed by atoms with Crippen LogP contribution in [-0.2, 0) is 9.59 Å². The molecule has 0 aliphatic rings. The molecule has 3 rings (SSSR count). The monoisotopic (exact) mass is 1070 g/mol. The van der Waals surface area contributed by atoms with Gasteiger partial charge in [0.1, 0.15) is 11.5 Å². The highest BCUT2D eigenvalue weighted by Crippen LogP contribution is 2.38. The molecule has 0 radical (unpaired) electrons. The van der Waals surface area contributed by atoms with E-state index >= 15 is 0 Å². The fourth-order valence-electron chi connectivity index (χ4n) is 6.11. The summed E-state index contributed by atoms with van der Waals surface area (Å²) in [6.45, 7) is 1.69. The summed E-state index contributed by atoms with van der Waals surface area (Å²) in [4.78, 5) is 80.7. The Morgan fingerprint density at radius 1 is 0.500 bits per heavy atom. The Morgan fingerprint density at radius 3 is 1.22 bits per heavy atom. The number of ether oxygens (including phenoxy) is 2. The first-order valence-electron chi connectivity index (χ1n) is 22.4. The van der Waals surface area contributed by atoms with Gasteiger partial charge in [0.05, 0.1) is 74.7 Å². The minimum Gasteiger partial charge on any atom is -0.470 e. The van der Waals surface area contributed by atoms with Gasteiger partial charge in [0.25, 0.3) is 11.8 Å². The third-order valence-electron chi connectivity index (χ3n) is 9.49. The number of benzene rings is 3. The Hall–Kier alpha value is -8.42. The van der Waals surface area contributed by atoms with Gasteiger partial charge in [0, 0.05) is 30.7 Å². The highest BCUT2D eigenvalue weighted by atomic mass is 32.2. The largest absolute Gasteiger partial charge is 0.470 e. The van der Waals surface area contributed by atoms with Crippen LogP contribution in [0.15, 0.2) is 88.3 Å². The molecule has 2 atom stereocenters. The van der Waals surface area contributed by atoms with Crippen molar-refractivity contribution in [3.63, 3.8) is 0 Å². The van der Waals surface area contributed by atoms with Gasteiger partial charge in [-0.2, -0.15) is 0 Å². The van der Waals surface area contributed by atoms with Gasteiger partial charge in [0.2, 0.25) is 11.8 Å². The molecule has 0 aliphatic heterocycles. The van der Waals surface area contributed by atoms with E-state index in [2.05, 4.69) is 51.2 Å². The predicted molar refractivity (Wildman–Crippen MR) is 295 cm³/mol. The number of aliphatic imine (C=N–C) groups is 6. The van der Waals surface area contributed by atoms with Crippen LogP contribution in [0.3, 0.4) is 0 Å². The molecule has 0 saturated heterocycles. The van der Waals surface area contributed by atoms with Crippen molar-refractivity contribution in [3.8, 4) is 11.5 Å². The number of hydrogen-bond acceptors (Lipinski definition) is 16. The van der Waals surface area contributed by atoms with Crippen LogP contribution in [-0.4, -0.2) is 122 Å². The number of guanidine groups is 5. The van der Waals surface area contributed by atoms with Crippen molar-refractivity contribution in [1.29, 1.82) is 0 Å². The minimum absolute atomic E-state index is 0.0897. The Kier molecular flexibility index (Phi) is 25.2. The summed E-state index contributed by atoms with van der Waals surface area (Å²) < 4.78 is 11.8. The van der Waals surface area contributed by atoms with Crippen molar-refractivity contribution in [3.05, 3.63) is 59.7 Å². The molecule has 31 heteroatoms. The maximum atomic E-state index is 14.7. The van der Waals surface area contributed by atoms with Crippen LogP contribution in [0.2, 0.25) is 0 Å². The Morgan fingerprint density at radius 2 is 0.851 bits per heavy atom. The lowest BCUT2D eigenvalue weighted by Crippen LogP contribution is -2.36. The average molecular weight is 1070 g/mol. The molecule has 402 valence electrons. The van der Waals surface area contributed by atoms with Crippen LogP contribution < -0.4 is 105 Å². The minimum atomic E-state index is -0.954. The fourth-order valence-corrected chi connectivity index (χ4v) is 7.98. The molecule has 0 aromatic heterocycles. The van der Waals surface area contributed by atoms with E-state index in [1.807, 2.05) is 0 Å². The summed E-state index contributed by atoms with van der Waals surface area (Å²) in [5.41, 5.74) is 74.1. The van der Waals surface area contributed by atoms with Gasteiger partial charge >= 0.3 is 0 Å². The number of nitrogens with zero attached hydrogens (tertiary/aromatic N) is 6. The number of carbonyl (C=O) groups is 4. The van der Waals surface area contributed by atoms with Crippen LogP contribution in [0.25, 0.3) is 0 Å². The maximum absolute atomic E-state index is 14.7. The molecule has 0 fully saturated rings. The summed E-state index contributed by atoms with van der Waals surface area (Å²) in [5.74, 6) is -3.02. The van der Waals surface area contributed by atoms with Gasteiger partial charge < -0.3 is 105 Å². The first kappa shape index (κ1) is 59.9. The third kappa shape index (κ3) is 21.5. The topological polar surface area (TPSA) is 547 Å². The second kappa shape index (κ2) is 31.1. The van der Waals surface area contributed by atoms with Crippen LogP contribution in [0.1, 0.15) is 53.3 Å². The zero-order chi connectivity index (χ0) is 54.7. The molecule has 0 aliphatic carbocycles. The lowest BCUT2D eigenvalue weighted by molar-refractivity contribution is -0.118. The summed E-state index contributed by atoms with van der Waals surface area (Å²) in [6.07, 6.45) is 1.47. The fraction of sp³-hybridized carbons (Fsp3) is 0.349. The van der Waals surface area contributed by atoms with Gasteiger partial charge in [-0.3, -0.25) is 39.1 Å². The number of rotatable bonds is 30. The molecule has 0 heterocycles. The molecule has 0 bridgehead atoms. The number of anilines is 4. The highest BCUT2D eigenvalue weighted by Gasteiger charge is 2.26. The first-order chi connectivity index (χ1) is 35.2. The second-order valence-electron chi connectivity index (χ2n) is 15.4. The molecule has 3 aromatic carbocycles. The summed E-state index contributed by atoms with van der Waals surface area (Å²) >= 11 is 2.42. The van der Waals surface area contributed by atoms with E-state index in [4.69, 9.17) is 84.0 Å². The molecule has 74 heavy (non-hydrogen) atoms. The van der Waals surface area contributed by atoms with Gasteiger partial charge in [-0.1, -0.05) is 12.1 Å². The van der Waals surface area contributed by atoms with Crippen molar-refractivity contribution in [2.45, 2.75) is 54.5 Å². The quantitative estimate of drug-likeness (QED) is 0.0147. The SMILES string of the molecule is CC(N)=NCCC[C@@H](N)C(=O)Nc1cccc(NC(=O)c2cc(C(=O)Nc3cccc(NC(=O)[C@H](N)CCCN=C(N)N)c3SCCN=C(N)N)c(OCN=C(N)N)cc2OCN=C(N)N)c1SCCN=C(N)N. The molecule has 4 amide bonds. The second-order valence-corrected chi connectivity index (χ2v) is 17.7. The van der Waals surface area contributed by atoms with Crippen molar-refractivity contribution < 1.29 is 28.7 Å². The van der Waals surface area contributed by atoms with Crippen molar-refractivity contribution in [2.24, 2.45) is 104 Å². The number of hydrogen-bond donors (Lipinski definition) is 17. The molecule has 30 N–H and O–H groups in total. The van der Waals surface area contributed by atoms with Gasteiger partial charge in [0.15, 0.2) is 43.3 Å². The van der Waals surface area contributed by atoms with E-state index in [0.29, 0.717) is 52.9 Å². The van der Waals surface area contributed by atoms with Crippen LogP contribution in [0.5, 0.6) is 11.5 Å². The smallest absolute Gasteiger partial charge is 0.259 e. The summed E-state index contributed by atoms with van der Waals surface area (Å²) in [7, 11) is 0. The van der Waals surface area contributed by atoms with Gasteiger partial charge in [-0.05, 0) is 62.9 Å². The van der Waals surface area contributed by atoms with Crippen molar-refractivity contribution in [1.82, 2.24) is 0 Å². The zero-order valence-electron chi connectivity index (χ0n) is 40.7. The molecule has 0 saturated carbocycles. The predicted octanol–water partition coefficient (Wildman–Crippen LogP) is -2.12. The standard InChI is InChI=1S/C43H67N23O6S2/c1-22(44)57-12-4-6-25(45)37(69)65-29-10-2-8-27(33(29)73-16-14-59-40(49)50)63-35(67)23-18-24(32(72-21-62-43(55)56)19-31(23)71-20-61-42(53)54)36(68)64-28-9-3-11-30(34(28)74-17-15-60-41(51)52)66-38(70)26(46)7-5-13-58-39(47)48/h2-3,8-11,18-19,25-26H,4-7,12-17,20-21,45-46H2,1H3,(H2,44,57)(H,63,67)(H,64,68)(H,65,69)(H,66,70)(H4,47,48,58)(H4,49,50,59)(H4,51,52,60)(H4,53,54,61)(H4,55,56,62)/t25-,26-/m1/s1. The molecular weight excluding hydrogens is 999 g/mol. The summed E-state index contributed by atoms with van der Waals surface area (Å²) in [6, 6.07) is 10.2. The number of nitrogens with one attached hydrogen (secondary N) is 4. The number of nitrogens with two attached hydrogens (primary N) is 13. The molecule has 29 nitrogen and oxygen atoms in total. The van der Waals surface area contributed by atoms with E-state index in [9.17, 15) is 19.2 Å². The van der Waals surface area contributed by atoms with Crippen LogP contribution in [0, 0.1) is 0 Å². The van der Waals surface area contributed by atoms with Crippen molar-refractivity contribution >= 4 is 106 Å². The maximum Gasteiger partial charge on any atom is 0.259 e. The Balaban J connectivity index is 2.18. The highest BCUT2D eigenvalue weighted by molar-refractivity contribution is 7.99. The Labute approximate surface area is 435 Å². The summed E-state index contributed by atoms with van der Waals surface area (Å²) in [5, 5.41) is 11.4. The average Bonchev–Trinajstić information content (AvgIpc) is 3.32. The number of carbonyl (C=O) groups excluding carboxylic acids is 4. The number of thioether (sulfide) groups is 2. The van der Waals surface area contributed by atoms with Gasteiger partial charge in [-0.15, -0.1) is 23.5 Å². The van der Waals surface area contributed by atoms with Crippen LogP contribution >= 0.6 is 23.5 Å². The normalized spacial score (nSPS) is 11.6. The number of amidine groups is 1. The van der Waals surface area contributed by atoms with E-state index in [1.165, 1.54) is 35.7 Å². The first-order valence-corrected chi connectivity index (χ1v) is 24.4. The molecule has 0 spiro atoms. The lowest BCUT2D eigenvalue weighted by atomic mass is 10.1. The number of amides is 4. The zero-order valence-corrected chi connectivity index (χ0v) is 42.3. The molecule has 0 unspecified atom stereocenters. The molecule has 3 aromatic rings. The van der Waals surface area contributed by atoms with E-state index in [0.717, 1.165) is 0 Å². The van der Waals surface area contributed by atoms with Crippen molar-refractivity contribution in [2.75, 3.05) is 72.4 Å². The molecular formula is C43H67N23O6S2. The van der Waals surface area contributed by atoms with E-state index < -0.39 is 49.2 Å². The lowest BCUT2D eigenvalue weighted by Gasteiger charge is -2.20. The van der Waals surface area contributed by atoms with E-state index in [-0.39, 0.29) is 101 Å².